The van der Waals surface area contributed by atoms with Crippen LogP contribution in [0.4, 0.5) is 0 Å². The van der Waals surface area contributed by atoms with E-state index in [4.69, 9.17) is 9.84 Å². The molecule has 3 N–H and O–H groups in total. The number of benzene rings is 1. The van der Waals surface area contributed by atoms with Crippen molar-refractivity contribution in [3.05, 3.63) is 29.3 Å². The van der Waals surface area contributed by atoms with E-state index < -0.39 is 6.10 Å². The van der Waals surface area contributed by atoms with E-state index in [0.29, 0.717) is 13.0 Å². The highest BCUT2D eigenvalue weighted by Gasteiger charge is 2.11. The van der Waals surface area contributed by atoms with Crippen molar-refractivity contribution >= 4 is 0 Å². The zero-order valence-electron chi connectivity index (χ0n) is 12.7. The van der Waals surface area contributed by atoms with Crippen LogP contribution in [-0.4, -0.2) is 42.1 Å². The van der Waals surface area contributed by atoms with E-state index in [0.717, 1.165) is 23.3 Å². The number of aliphatic hydroxyl groups is 2. The molecule has 20 heavy (non-hydrogen) atoms. The van der Waals surface area contributed by atoms with Gasteiger partial charge in [0.2, 0.25) is 0 Å². The number of para-hydroxylation sites is 1. The first-order chi connectivity index (χ1) is 9.58. The molecule has 0 aliphatic carbocycles. The van der Waals surface area contributed by atoms with Crippen LogP contribution in [-0.2, 0) is 0 Å². The Kier molecular flexibility index (Phi) is 7.59. The number of hydrogen-bond donors (Lipinski definition) is 3. The molecule has 0 spiro atoms. The van der Waals surface area contributed by atoms with Gasteiger partial charge < -0.3 is 20.3 Å². The van der Waals surface area contributed by atoms with Crippen molar-refractivity contribution in [3.8, 4) is 5.75 Å². The highest BCUT2D eigenvalue weighted by atomic mass is 16.5. The lowest BCUT2D eigenvalue weighted by atomic mass is 10.1. The highest BCUT2D eigenvalue weighted by Crippen LogP contribution is 2.22. The summed E-state index contributed by atoms with van der Waals surface area (Å²) in [6.45, 7) is 6.98. The predicted molar refractivity (Wildman–Crippen MR) is 81.2 cm³/mol. The van der Waals surface area contributed by atoms with E-state index in [1.165, 1.54) is 0 Å². The van der Waals surface area contributed by atoms with Gasteiger partial charge in [0.25, 0.3) is 0 Å². The summed E-state index contributed by atoms with van der Waals surface area (Å²) in [5, 5.41) is 22.1. The molecule has 0 aromatic heterocycles. The number of nitrogens with one attached hydrogen (secondary N) is 1. The fourth-order valence-corrected chi connectivity index (χ4v) is 2.17. The Labute approximate surface area is 121 Å². The normalized spacial score (nSPS) is 14.1. The van der Waals surface area contributed by atoms with Gasteiger partial charge in [0.1, 0.15) is 18.5 Å². The van der Waals surface area contributed by atoms with Gasteiger partial charge in [0, 0.05) is 19.2 Å². The standard InChI is InChI=1S/C16H27NO3/c1-4-14(8-9-18)17-10-15(19)11-20-16-12(2)6-5-7-13(16)3/h5-7,14-15,17-19H,4,8-11H2,1-3H3. The van der Waals surface area contributed by atoms with Gasteiger partial charge in [-0.25, -0.2) is 0 Å². The average Bonchev–Trinajstić information content (AvgIpc) is 2.42. The Balaban J connectivity index is 2.38. The molecule has 114 valence electrons. The first kappa shape index (κ1) is 17.0. The second kappa shape index (κ2) is 8.95. The van der Waals surface area contributed by atoms with E-state index in [-0.39, 0.29) is 19.3 Å². The molecule has 0 fully saturated rings. The summed E-state index contributed by atoms with van der Waals surface area (Å²) in [6.07, 6.45) is 1.09. The highest BCUT2D eigenvalue weighted by molar-refractivity contribution is 5.39. The number of hydrogen-bond acceptors (Lipinski definition) is 4. The van der Waals surface area contributed by atoms with E-state index in [1.807, 2.05) is 32.0 Å². The van der Waals surface area contributed by atoms with Crippen LogP contribution in [0.25, 0.3) is 0 Å². The molecule has 0 saturated heterocycles. The van der Waals surface area contributed by atoms with Crippen LogP contribution >= 0.6 is 0 Å². The summed E-state index contributed by atoms with van der Waals surface area (Å²) in [5.74, 6) is 0.856. The van der Waals surface area contributed by atoms with Crippen LogP contribution in [0.15, 0.2) is 18.2 Å². The third-order valence-electron chi connectivity index (χ3n) is 3.44. The minimum absolute atomic E-state index is 0.167. The molecule has 0 amide bonds. The van der Waals surface area contributed by atoms with Crippen molar-refractivity contribution in [1.29, 1.82) is 0 Å². The Morgan fingerprint density at radius 3 is 2.45 bits per heavy atom. The summed E-state index contributed by atoms with van der Waals surface area (Å²) >= 11 is 0. The minimum Gasteiger partial charge on any atom is -0.490 e. The number of rotatable bonds is 9. The Morgan fingerprint density at radius 2 is 1.90 bits per heavy atom. The van der Waals surface area contributed by atoms with Gasteiger partial charge in [-0.3, -0.25) is 0 Å². The summed E-state index contributed by atoms with van der Waals surface area (Å²) in [7, 11) is 0. The maximum absolute atomic E-state index is 9.95. The molecule has 0 bridgehead atoms. The van der Waals surface area contributed by atoms with E-state index >= 15 is 0 Å². The molecule has 0 aliphatic heterocycles. The first-order valence-electron chi connectivity index (χ1n) is 7.29. The molecule has 4 heteroatoms. The van der Waals surface area contributed by atoms with Crippen LogP contribution in [0.2, 0.25) is 0 Å². The number of ether oxygens (including phenoxy) is 1. The van der Waals surface area contributed by atoms with Gasteiger partial charge in [0.05, 0.1) is 0 Å². The molecular formula is C16H27NO3. The largest absolute Gasteiger partial charge is 0.490 e. The van der Waals surface area contributed by atoms with Gasteiger partial charge >= 0.3 is 0 Å². The van der Waals surface area contributed by atoms with Crippen LogP contribution < -0.4 is 10.1 Å². The third-order valence-corrected chi connectivity index (χ3v) is 3.44. The predicted octanol–water partition coefficient (Wildman–Crippen LogP) is 1.79. The maximum Gasteiger partial charge on any atom is 0.125 e. The second-order valence-corrected chi connectivity index (χ2v) is 5.21. The van der Waals surface area contributed by atoms with Crippen molar-refractivity contribution in [3.63, 3.8) is 0 Å². The summed E-state index contributed by atoms with van der Waals surface area (Å²) in [5.41, 5.74) is 2.16. The van der Waals surface area contributed by atoms with Crippen molar-refractivity contribution in [2.75, 3.05) is 19.8 Å². The SMILES string of the molecule is CCC(CCO)NCC(O)COc1c(C)cccc1C. The van der Waals surface area contributed by atoms with Gasteiger partial charge in [-0.15, -0.1) is 0 Å². The molecule has 2 atom stereocenters. The van der Waals surface area contributed by atoms with Crippen molar-refractivity contribution in [2.45, 2.75) is 45.8 Å². The Hall–Kier alpha value is -1.10. The maximum atomic E-state index is 9.95. The van der Waals surface area contributed by atoms with Crippen LogP contribution in [0.3, 0.4) is 0 Å². The molecule has 0 aliphatic rings. The van der Waals surface area contributed by atoms with Crippen LogP contribution in [0.5, 0.6) is 5.75 Å². The molecule has 0 heterocycles. The molecule has 2 unspecified atom stereocenters. The first-order valence-corrected chi connectivity index (χ1v) is 7.29. The fraction of sp³-hybridized carbons (Fsp3) is 0.625. The quantitative estimate of drug-likeness (QED) is 0.646. The van der Waals surface area contributed by atoms with Gasteiger partial charge in [-0.1, -0.05) is 25.1 Å². The summed E-state index contributed by atoms with van der Waals surface area (Å²) in [4.78, 5) is 0. The van der Waals surface area contributed by atoms with E-state index in [9.17, 15) is 5.11 Å². The molecule has 0 saturated carbocycles. The summed E-state index contributed by atoms with van der Waals surface area (Å²) < 4.78 is 5.72. The smallest absolute Gasteiger partial charge is 0.125 e. The van der Waals surface area contributed by atoms with Gasteiger partial charge in [0.15, 0.2) is 0 Å². The lowest BCUT2D eigenvalue weighted by molar-refractivity contribution is 0.101. The average molecular weight is 281 g/mol. The minimum atomic E-state index is -0.554. The van der Waals surface area contributed by atoms with E-state index in [2.05, 4.69) is 12.2 Å². The number of aryl methyl sites for hydroxylation is 2. The third kappa shape index (κ3) is 5.49. The number of aliphatic hydroxyl groups excluding tert-OH is 2. The Morgan fingerprint density at radius 1 is 1.25 bits per heavy atom. The monoisotopic (exact) mass is 281 g/mol. The van der Waals surface area contributed by atoms with Gasteiger partial charge in [-0.2, -0.15) is 0 Å². The zero-order valence-corrected chi connectivity index (χ0v) is 12.7. The van der Waals surface area contributed by atoms with Crippen molar-refractivity contribution < 1.29 is 14.9 Å². The topological polar surface area (TPSA) is 61.7 Å². The molecule has 4 nitrogen and oxygen atoms in total. The molecule has 1 rings (SSSR count). The van der Waals surface area contributed by atoms with Crippen molar-refractivity contribution in [1.82, 2.24) is 5.32 Å². The Bertz CT molecular complexity index is 375. The lowest BCUT2D eigenvalue weighted by Crippen LogP contribution is -2.38. The molecule has 0 radical (unpaired) electrons. The fourth-order valence-electron chi connectivity index (χ4n) is 2.17. The van der Waals surface area contributed by atoms with Crippen molar-refractivity contribution in [2.24, 2.45) is 0 Å². The molecular weight excluding hydrogens is 254 g/mol. The van der Waals surface area contributed by atoms with Crippen LogP contribution in [0.1, 0.15) is 30.9 Å². The van der Waals surface area contributed by atoms with Crippen LogP contribution in [0, 0.1) is 13.8 Å². The lowest BCUT2D eigenvalue weighted by Gasteiger charge is -2.20. The molecule has 1 aromatic rings. The zero-order chi connectivity index (χ0) is 15.0. The second-order valence-electron chi connectivity index (χ2n) is 5.21. The molecule has 1 aromatic carbocycles. The summed E-state index contributed by atoms with van der Waals surface area (Å²) in [6, 6.07) is 6.24. The van der Waals surface area contributed by atoms with E-state index in [1.54, 1.807) is 0 Å². The van der Waals surface area contributed by atoms with Gasteiger partial charge in [-0.05, 0) is 37.8 Å².